The van der Waals surface area contributed by atoms with Crippen LogP contribution in [0.15, 0.2) is 94.1 Å². The SMILES string of the molecule is O=C(Nc1ccccc1Br)c1ccc(NC2=C(Cl)C(=O)N(Cc3ccccc3)C2=O)cc1. The number of amides is 3. The minimum Gasteiger partial charge on any atom is -0.350 e. The number of hydrogen-bond donors (Lipinski definition) is 2. The van der Waals surface area contributed by atoms with E-state index in [1.165, 1.54) is 0 Å². The monoisotopic (exact) mass is 509 g/mol. The van der Waals surface area contributed by atoms with Crippen molar-refractivity contribution >= 4 is 56.6 Å². The predicted octanol–water partition coefficient (Wildman–Crippen LogP) is 5.13. The number of imide groups is 1. The largest absolute Gasteiger partial charge is 0.350 e. The standard InChI is InChI=1S/C24H17BrClN3O3/c25-18-8-4-5-9-19(18)28-22(30)16-10-12-17(13-11-16)27-21-20(26)23(31)29(24(21)32)14-15-6-2-1-3-7-15/h1-13,27H,14H2,(H,28,30). The lowest BCUT2D eigenvalue weighted by molar-refractivity contribution is -0.138. The van der Waals surface area contributed by atoms with Crippen molar-refractivity contribution in [2.75, 3.05) is 10.6 Å². The molecule has 0 atom stereocenters. The molecule has 160 valence electrons. The summed E-state index contributed by atoms with van der Waals surface area (Å²) < 4.78 is 0.776. The molecule has 0 saturated carbocycles. The van der Waals surface area contributed by atoms with Crippen LogP contribution in [0.5, 0.6) is 0 Å². The zero-order valence-electron chi connectivity index (χ0n) is 16.6. The van der Waals surface area contributed by atoms with Gasteiger partial charge in [-0.05, 0) is 57.9 Å². The molecule has 32 heavy (non-hydrogen) atoms. The molecule has 0 saturated heterocycles. The maximum Gasteiger partial charge on any atom is 0.279 e. The Morgan fingerprint density at radius 3 is 2.22 bits per heavy atom. The Balaban J connectivity index is 1.45. The van der Waals surface area contributed by atoms with E-state index in [0.29, 0.717) is 16.9 Å². The van der Waals surface area contributed by atoms with Gasteiger partial charge >= 0.3 is 0 Å². The maximum absolute atomic E-state index is 12.8. The van der Waals surface area contributed by atoms with Crippen molar-refractivity contribution in [2.24, 2.45) is 0 Å². The van der Waals surface area contributed by atoms with Gasteiger partial charge in [-0.15, -0.1) is 0 Å². The highest BCUT2D eigenvalue weighted by Crippen LogP contribution is 2.27. The van der Waals surface area contributed by atoms with Gasteiger partial charge < -0.3 is 10.6 Å². The molecule has 0 aromatic heterocycles. The van der Waals surface area contributed by atoms with Crippen LogP contribution in [0.4, 0.5) is 11.4 Å². The van der Waals surface area contributed by atoms with E-state index in [1.54, 1.807) is 30.3 Å². The molecule has 8 heteroatoms. The molecule has 1 aliphatic rings. The molecular weight excluding hydrogens is 494 g/mol. The lowest BCUT2D eigenvalue weighted by atomic mass is 10.2. The highest BCUT2D eigenvalue weighted by Gasteiger charge is 2.37. The second-order valence-electron chi connectivity index (χ2n) is 7.01. The highest BCUT2D eigenvalue weighted by molar-refractivity contribution is 9.10. The fourth-order valence-electron chi connectivity index (χ4n) is 3.17. The summed E-state index contributed by atoms with van der Waals surface area (Å²) in [4.78, 5) is 38.9. The van der Waals surface area contributed by atoms with Crippen molar-refractivity contribution in [3.63, 3.8) is 0 Å². The number of rotatable bonds is 6. The summed E-state index contributed by atoms with van der Waals surface area (Å²) in [5.41, 5.74) is 2.45. The molecule has 6 nitrogen and oxygen atoms in total. The highest BCUT2D eigenvalue weighted by atomic mass is 79.9. The van der Waals surface area contributed by atoms with Crippen molar-refractivity contribution in [2.45, 2.75) is 6.54 Å². The van der Waals surface area contributed by atoms with E-state index >= 15 is 0 Å². The zero-order chi connectivity index (χ0) is 22.7. The molecule has 0 spiro atoms. The number of nitrogens with zero attached hydrogens (tertiary/aromatic N) is 1. The normalized spacial score (nSPS) is 13.5. The molecule has 0 radical (unpaired) electrons. The van der Waals surface area contributed by atoms with Crippen molar-refractivity contribution in [1.82, 2.24) is 4.90 Å². The number of benzene rings is 3. The van der Waals surface area contributed by atoms with Crippen molar-refractivity contribution in [1.29, 1.82) is 0 Å². The Hall–Kier alpha value is -3.42. The Bertz CT molecular complexity index is 1230. The predicted molar refractivity (Wildman–Crippen MR) is 127 cm³/mol. The van der Waals surface area contributed by atoms with Gasteiger partial charge in [-0.2, -0.15) is 0 Å². The minimum absolute atomic E-state index is 0.0121. The van der Waals surface area contributed by atoms with Crippen LogP contribution in [0, 0.1) is 0 Å². The van der Waals surface area contributed by atoms with Gasteiger partial charge in [-0.3, -0.25) is 19.3 Å². The number of carbonyl (C=O) groups excluding carboxylic acids is 3. The number of anilines is 2. The zero-order valence-corrected chi connectivity index (χ0v) is 19.0. The van der Waals surface area contributed by atoms with Crippen LogP contribution in [-0.4, -0.2) is 22.6 Å². The summed E-state index contributed by atoms with van der Waals surface area (Å²) in [5.74, 6) is -1.33. The summed E-state index contributed by atoms with van der Waals surface area (Å²) in [5, 5.41) is 5.57. The van der Waals surface area contributed by atoms with Gasteiger partial charge in [-0.1, -0.05) is 54.1 Å². The molecule has 0 unspecified atom stereocenters. The maximum atomic E-state index is 12.8. The van der Waals surface area contributed by atoms with E-state index in [0.717, 1.165) is 14.9 Å². The summed E-state index contributed by atoms with van der Waals surface area (Å²) in [6.45, 7) is 0.133. The number of nitrogens with one attached hydrogen (secondary N) is 2. The number of halogens is 2. The van der Waals surface area contributed by atoms with Gasteiger partial charge in [0.05, 0.1) is 12.2 Å². The van der Waals surface area contributed by atoms with Crippen LogP contribution < -0.4 is 10.6 Å². The molecule has 3 amide bonds. The van der Waals surface area contributed by atoms with Gasteiger partial charge in [0.25, 0.3) is 17.7 Å². The van der Waals surface area contributed by atoms with E-state index in [2.05, 4.69) is 26.6 Å². The molecule has 3 aromatic rings. The molecule has 0 fully saturated rings. The first-order valence-corrected chi connectivity index (χ1v) is 10.8. The second-order valence-corrected chi connectivity index (χ2v) is 8.24. The first kappa shape index (κ1) is 21.8. The van der Waals surface area contributed by atoms with E-state index in [1.807, 2.05) is 48.5 Å². The van der Waals surface area contributed by atoms with E-state index in [-0.39, 0.29) is 23.2 Å². The molecule has 2 N–H and O–H groups in total. The van der Waals surface area contributed by atoms with E-state index in [9.17, 15) is 14.4 Å². The number of para-hydroxylation sites is 1. The first-order chi connectivity index (χ1) is 15.4. The molecular formula is C24H17BrClN3O3. The summed E-state index contributed by atoms with van der Waals surface area (Å²) >= 11 is 9.55. The Kier molecular flexibility index (Phi) is 6.39. The molecule has 1 aliphatic heterocycles. The van der Waals surface area contributed by atoms with Crippen LogP contribution in [0.25, 0.3) is 0 Å². The average molecular weight is 511 g/mol. The number of carbonyl (C=O) groups is 3. The molecule has 1 heterocycles. The molecule has 0 bridgehead atoms. The molecule has 0 aliphatic carbocycles. The fraction of sp³-hybridized carbons (Fsp3) is 0.0417. The third-order valence-electron chi connectivity index (χ3n) is 4.83. The van der Waals surface area contributed by atoms with Crippen LogP contribution in [-0.2, 0) is 16.1 Å². The van der Waals surface area contributed by atoms with Crippen molar-refractivity contribution in [3.05, 3.63) is 105 Å². The lowest BCUT2D eigenvalue weighted by Gasteiger charge is -2.15. The van der Waals surface area contributed by atoms with Gasteiger partial charge in [0.1, 0.15) is 10.7 Å². The summed E-state index contributed by atoms with van der Waals surface area (Å²) in [7, 11) is 0. The molecule has 4 rings (SSSR count). The molecule has 3 aromatic carbocycles. The lowest BCUT2D eigenvalue weighted by Crippen LogP contribution is -2.31. The fourth-order valence-corrected chi connectivity index (χ4v) is 3.78. The first-order valence-electron chi connectivity index (χ1n) is 9.67. The van der Waals surface area contributed by atoms with Gasteiger partial charge in [0, 0.05) is 15.7 Å². The van der Waals surface area contributed by atoms with E-state index in [4.69, 9.17) is 11.6 Å². The van der Waals surface area contributed by atoms with Gasteiger partial charge in [0.15, 0.2) is 0 Å². The Morgan fingerprint density at radius 1 is 0.875 bits per heavy atom. The average Bonchev–Trinajstić information content (AvgIpc) is 3.00. The van der Waals surface area contributed by atoms with Gasteiger partial charge in [0.2, 0.25) is 0 Å². The topological polar surface area (TPSA) is 78.5 Å². The Morgan fingerprint density at radius 2 is 1.53 bits per heavy atom. The second kappa shape index (κ2) is 9.38. The van der Waals surface area contributed by atoms with Crippen LogP contribution >= 0.6 is 27.5 Å². The summed E-state index contributed by atoms with van der Waals surface area (Å²) in [6, 6.07) is 23.0. The summed E-state index contributed by atoms with van der Waals surface area (Å²) in [6.07, 6.45) is 0. The van der Waals surface area contributed by atoms with Crippen molar-refractivity contribution in [3.8, 4) is 0 Å². The van der Waals surface area contributed by atoms with Crippen LogP contribution in [0.3, 0.4) is 0 Å². The quantitative estimate of drug-likeness (QED) is 0.451. The van der Waals surface area contributed by atoms with Crippen molar-refractivity contribution < 1.29 is 14.4 Å². The minimum atomic E-state index is -0.549. The smallest absolute Gasteiger partial charge is 0.279 e. The number of hydrogen-bond acceptors (Lipinski definition) is 4. The van der Waals surface area contributed by atoms with E-state index < -0.39 is 11.8 Å². The Labute approximate surface area is 198 Å². The van der Waals surface area contributed by atoms with Crippen LogP contribution in [0.2, 0.25) is 0 Å². The third kappa shape index (κ3) is 4.59. The van der Waals surface area contributed by atoms with Gasteiger partial charge in [-0.25, -0.2) is 0 Å². The van der Waals surface area contributed by atoms with Crippen LogP contribution in [0.1, 0.15) is 15.9 Å². The third-order valence-corrected chi connectivity index (χ3v) is 5.88.